The maximum atomic E-state index is 13.3. The van der Waals surface area contributed by atoms with Gasteiger partial charge in [0, 0.05) is 11.8 Å². The third-order valence-electron chi connectivity index (χ3n) is 12.6. The molecule has 4 saturated carbocycles. The van der Waals surface area contributed by atoms with Crippen LogP contribution < -0.4 is 0 Å². The van der Waals surface area contributed by atoms with Crippen molar-refractivity contribution >= 4 is 11.9 Å². The Balaban J connectivity index is 1.43. The summed E-state index contributed by atoms with van der Waals surface area (Å²) in [7, 11) is 0. The number of hydrogen-bond acceptors (Lipinski definition) is 6. The Kier molecular flexibility index (Phi) is 7.98. The highest BCUT2D eigenvalue weighted by atomic mass is 16.6. The molecule has 6 nitrogen and oxygen atoms in total. The highest BCUT2D eigenvalue weighted by Crippen LogP contribution is 2.69. The molecule has 0 radical (unpaired) electrons. The zero-order chi connectivity index (χ0) is 27.4. The van der Waals surface area contributed by atoms with Crippen LogP contribution in [-0.2, 0) is 19.1 Å². The molecular formula is C32H52O6. The average molecular weight is 533 g/mol. The molecule has 0 aromatic rings. The van der Waals surface area contributed by atoms with Gasteiger partial charge in [0.15, 0.2) is 0 Å². The van der Waals surface area contributed by atoms with E-state index in [4.69, 9.17) is 9.47 Å². The summed E-state index contributed by atoms with van der Waals surface area (Å²) in [6.45, 7) is 11.2. The van der Waals surface area contributed by atoms with Crippen LogP contribution in [0.5, 0.6) is 0 Å². The molecule has 2 N–H and O–H groups in total. The van der Waals surface area contributed by atoms with Gasteiger partial charge in [-0.05, 0) is 105 Å². The summed E-state index contributed by atoms with van der Waals surface area (Å²) >= 11 is 0. The lowest BCUT2D eigenvalue weighted by atomic mass is 9.43. The van der Waals surface area contributed by atoms with E-state index in [2.05, 4.69) is 20.8 Å². The van der Waals surface area contributed by atoms with Gasteiger partial charge in [-0.3, -0.25) is 9.59 Å². The molecule has 0 bridgehead atoms. The van der Waals surface area contributed by atoms with Gasteiger partial charge >= 0.3 is 11.9 Å². The molecule has 1 heterocycles. The minimum atomic E-state index is -0.607. The molecule has 5 aliphatic rings. The molecular weight excluding hydrogens is 480 g/mol. The van der Waals surface area contributed by atoms with Gasteiger partial charge in [0.05, 0.1) is 24.5 Å². The maximum Gasteiger partial charge on any atom is 0.308 e. The average Bonchev–Trinajstić information content (AvgIpc) is 3.22. The first-order valence-corrected chi connectivity index (χ1v) is 15.7. The topological polar surface area (TPSA) is 93.1 Å². The predicted molar refractivity (Wildman–Crippen MR) is 145 cm³/mol. The van der Waals surface area contributed by atoms with Crippen molar-refractivity contribution in [3.63, 3.8) is 0 Å². The van der Waals surface area contributed by atoms with Crippen molar-refractivity contribution in [2.24, 2.45) is 52.3 Å². The highest BCUT2D eigenvalue weighted by Gasteiger charge is 2.65. The second kappa shape index (κ2) is 10.7. The molecule has 0 aromatic heterocycles. The summed E-state index contributed by atoms with van der Waals surface area (Å²) in [6.07, 6.45) is 9.58. The van der Waals surface area contributed by atoms with E-state index in [0.717, 1.165) is 44.9 Å². The molecule has 216 valence electrons. The largest absolute Gasteiger partial charge is 0.462 e. The van der Waals surface area contributed by atoms with Gasteiger partial charge in [0.2, 0.25) is 0 Å². The Morgan fingerprint density at radius 1 is 1.03 bits per heavy atom. The first-order chi connectivity index (χ1) is 18.0. The molecule has 38 heavy (non-hydrogen) atoms. The number of carbonyl (C=O) groups is 2. The third-order valence-corrected chi connectivity index (χ3v) is 12.6. The van der Waals surface area contributed by atoms with Crippen molar-refractivity contribution in [2.75, 3.05) is 0 Å². The van der Waals surface area contributed by atoms with Crippen LogP contribution in [0.1, 0.15) is 112 Å². The number of cyclic esters (lactones) is 1. The quantitative estimate of drug-likeness (QED) is 0.429. The Morgan fingerprint density at radius 3 is 2.50 bits per heavy atom. The van der Waals surface area contributed by atoms with Gasteiger partial charge in [0.25, 0.3) is 0 Å². The van der Waals surface area contributed by atoms with Gasteiger partial charge in [0.1, 0.15) is 12.2 Å². The fraction of sp³-hybridized carbons (Fsp3) is 0.938. The van der Waals surface area contributed by atoms with Gasteiger partial charge < -0.3 is 19.7 Å². The molecule has 1 aliphatic heterocycles. The number of aliphatic hydroxyl groups excluding tert-OH is 2. The molecule has 6 heteroatoms. The highest BCUT2D eigenvalue weighted by molar-refractivity contribution is 5.72. The number of ether oxygens (including phenoxy) is 2. The summed E-state index contributed by atoms with van der Waals surface area (Å²) in [4.78, 5) is 25.3. The lowest BCUT2D eigenvalue weighted by Gasteiger charge is -2.62. The van der Waals surface area contributed by atoms with Gasteiger partial charge in [-0.2, -0.15) is 0 Å². The summed E-state index contributed by atoms with van der Waals surface area (Å²) in [5.74, 6) is 2.50. The fourth-order valence-electron chi connectivity index (χ4n) is 10.3. The molecule has 5 fully saturated rings. The van der Waals surface area contributed by atoms with Crippen molar-refractivity contribution in [1.29, 1.82) is 0 Å². The molecule has 0 unspecified atom stereocenters. The van der Waals surface area contributed by atoms with E-state index in [-0.39, 0.29) is 53.4 Å². The van der Waals surface area contributed by atoms with Crippen LogP contribution in [0, 0.1) is 52.3 Å². The lowest BCUT2D eigenvalue weighted by Crippen LogP contribution is -2.59. The normalized spacial score (nSPS) is 48.2. The molecule has 4 aliphatic carbocycles. The van der Waals surface area contributed by atoms with E-state index in [9.17, 15) is 19.8 Å². The van der Waals surface area contributed by atoms with Crippen molar-refractivity contribution in [3.05, 3.63) is 0 Å². The maximum absolute atomic E-state index is 13.3. The van der Waals surface area contributed by atoms with E-state index in [1.807, 2.05) is 13.8 Å². The zero-order valence-corrected chi connectivity index (χ0v) is 24.4. The molecule has 0 spiro atoms. The number of rotatable bonds is 6. The van der Waals surface area contributed by atoms with Crippen LogP contribution in [0.15, 0.2) is 0 Å². The van der Waals surface area contributed by atoms with E-state index in [1.54, 1.807) is 0 Å². The van der Waals surface area contributed by atoms with Gasteiger partial charge in [-0.15, -0.1) is 0 Å². The van der Waals surface area contributed by atoms with Gasteiger partial charge in [-0.1, -0.05) is 34.6 Å². The summed E-state index contributed by atoms with van der Waals surface area (Å²) in [6, 6.07) is 0. The minimum absolute atomic E-state index is 0.0601. The van der Waals surface area contributed by atoms with E-state index in [1.165, 1.54) is 19.3 Å². The Labute approximate surface area is 229 Å². The number of aliphatic hydroxyl groups is 2. The van der Waals surface area contributed by atoms with Crippen LogP contribution in [-0.4, -0.2) is 46.6 Å². The van der Waals surface area contributed by atoms with Crippen LogP contribution in [0.25, 0.3) is 0 Å². The molecule has 1 saturated heterocycles. The van der Waals surface area contributed by atoms with Crippen LogP contribution in [0.2, 0.25) is 0 Å². The number of carbonyl (C=O) groups excluding carboxylic acids is 2. The second-order valence-electron chi connectivity index (χ2n) is 14.5. The summed E-state index contributed by atoms with van der Waals surface area (Å²) < 4.78 is 12.2. The Morgan fingerprint density at radius 2 is 1.79 bits per heavy atom. The zero-order valence-electron chi connectivity index (χ0n) is 24.4. The van der Waals surface area contributed by atoms with Crippen LogP contribution >= 0.6 is 0 Å². The van der Waals surface area contributed by atoms with Crippen molar-refractivity contribution in [1.82, 2.24) is 0 Å². The Bertz CT molecular complexity index is 889. The second-order valence-corrected chi connectivity index (χ2v) is 14.5. The van der Waals surface area contributed by atoms with Crippen LogP contribution in [0.3, 0.4) is 0 Å². The van der Waals surface area contributed by atoms with Gasteiger partial charge in [-0.25, -0.2) is 0 Å². The molecule has 0 aromatic carbocycles. The smallest absolute Gasteiger partial charge is 0.308 e. The number of hydrogen-bond donors (Lipinski definition) is 2. The lowest BCUT2D eigenvalue weighted by molar-refractivity contribution is -0.201. The van der Waals surface area contributed by atoms with E-state index >= 15 is 0 Å². The molecule has 13 atom stereocenters. The van der Waals surface area contributed by atoms with Crippen molar-refractivity contribution in [3.8, 4) is 0 Å². The first kappa shape index (κ1) is 28.4. The fourth-order valence-corrected chi connectivity index (χ4v) is 10.3. The summed E-state index contributed by atoms with van der Waals surface area (Å²) in [5, 5.41) is 20.6. The SMILES string of the molecule is CC[C@H](C)C(=O)O[C@H]1C[C@H]2[C@@H](CC[C@@H]3C[C@H](O)CC[C@@]32C)[C@@H]2CC[C@H]([C@H](C)C[C@@H]3C[C@@H](O)CC(=O)O3)[C@@]12C. The predicted octanol–water partition coefficient (Wildman–Crippen LogP) is 5.67. The van der Waals surface area contributed by atoms with E-state index < -0.39 is 6.10 Å². The molecule has 5 rings (SSSR count). The summed E-state index contributed by atoms with van der Waals surface area (Å²) in [5.41, 5.74) is 0.110. The monoisotopic (exact) mass is 532 g/mol. The minimum Gasteiger partial charge on any atom is -0.462 e. The molecule has 0 amide bonds. The van der Waals surface area contributed by atoms with Crippen molar-refractivity contribution in [2.45, 2.75) is 136 Å². The van der Waals surface area contributed by atoms with Crippen molar-refractivity contribution < 1.29 is 29.3 Å². The van der Waals surface area contributed by atoms with E-state index in [0.29, 0.717) is 41.9 Å². The van der Waals surface area contributed by atoms with Crippen LogP contribution in [0.4, 0.5) is 0 Å². The number of esters is 2. The third kappa shape index (κ3) is 4.84. The number of fused-ring (bicyclic) bond motifs is 5. The Hall–Kier alpha value is -1.14. The first-order valence-electron chi connectivity index (χ1n) is 15.7. The standard InChI is InChI=1S/C32H52O6/c1-6-18(2)30(36)38-28-17-27-24(8-7-20-14-21(33)11-12-31(20,27)4)26-10-9-25(32(26,28)5)19(3)13-23-15-22(34)16-29(35)37-23/h18-28,33-34H,6-17H2,1-5H3/t18-,19+,20+,21+,22+,23+,24-,25+,26-,27-,28-,31-,32+/m0/s1.